The highest BCUT2D eigenvalue weighted by Gasteiger charge is 2.34. The largest absolute Gasteiger partial charge is 0.435 e. The molecule has 1 aliphatic rings. The van der Waals surface area contributed by atoms with Crippen LogP contribution in [0.2, 0.25) is 0 Å². The Bertz CT molecular complexity index is 719. The zero-order valence-electron chi connectivity index (χ0n) is 14.4. The van der Waals surface area contributed by atoms with Gasteiger partial charge in [0.1, 0.15) is 0 Å². The van der Waals surface area contributed by atoms with Crippen molar-refractivity contribution < 1.29 is 13.2 Å². The lowest BCUT2D eigenvalue weighted by atomic mass is 9.79. The molecule has 1 atom stereocenters. The smallest absolute Gasteiger partial charge is 0.327 e. The van der Waals surface area contributed by atoms with Crippen LogP contribution in [0.1, 0.15) is 31.5 Å². The highest BCUT2D eigenvalue weighted by atomic mass is 19.4. The summed E-state index contributed by atoms with van der Waals surface area (Å²) in [6, 6.07) is 8.66. The molecule has 1 aliphatic heterocycles. The molecule has 0 bridgehead atoms. The molecular formula is C18H23F3N4. The number of benzene rings is 1. The molecule has 0 radical (unpaired) electrons. The van der Waals surface area contributed by atoms with Crippen LogP contribution in [0.15, 0.2) is 36.5 Å². The van der Waals surface area contributed by atoms with Gasteiger partial charge < -0.3 is 5.73 Å². The molecule has 0 aliphatic carbocycles. The van der Waals surface area contributed by atoms with Crippen LogP contribution in [-0.4, -0.2) is 33.8 Å². The van der Waals surface area contributed by atoms with E-state index in [1.165, 1.54) is 10.9 Å². The Balaban J connectivity index is 1.68. The van der Waals surface area contributed by atoms with Gasteiger partial charge in [-0.2, -0.15) is 18.3 Å². The van der Waals surface area contributed by atoms with Gasteiger partial charge in [-0.15, -0.1) is 0 Å². The van der Waals surface area contributed by atoms with Crippen LogP contribution < -0.4 is 5.73 Å². The van der Waals surface area contributed by atoms with E-state index < -0.39 is 11.9 Å². The van der Waals surface area contributed by atoms with Crippen molar-refractivity contribution in [3.63, 3.8) is 0 Å². The van der Waals surface area contributed by atoms with E-state index in [0.717, 1.165) is 37.7 Å². The maximum atomic E-state index is 12.6. The fourth-order valence-corrected chi connectivity index (χ4v) is 3.25. The first kappa shape index (κ1) is 17.9. The summed E-state index contributed by atoms with van der Waals surface area (Å²) >= 11 is 0. The molecule has 1 fully saturated rings. The molecule has 1 aromatic carbocycles. The Morgan fingerprint density at radius 1 is 1.20 bits per heavy atom. The molecule has 25 heavy (non-hydrogen) atoms. The minimum absolute atomic E-state index is 0.0846. The summed E-state index contributed by atoms with van der Waals surface area (Å²) in [5, 5.41) is 3.59. The first-order valence-corrected chi connectivity index (χ1v) is 8.35. The molecular weight excluding hydrogens is 329 g/mol. The summed E-state index contributed by atoms with van der Waals surface area (Å²) in [5.74, 6) is 0. The third kappa shape index (κ3) is 4.04. The number of hydrogen-bond acceptors (Lipinski definition) is 3. The third-order valence-corrected chi connectivity index (χ3v) is 4.88. The second kappa shape index (κ2) is 6.46. The van der Waals surface area contributed by atoms with Crippen molar-refractivity contribution in [1.82, 2.24) is 14.7 Å². The van der Waals surface area contributed by atoms with Crippen LogP contribution in [0.25, 0.3) is 5.69 Å². The molecule has 136 valence electrons. The van der Waals surface area contributed by atoms with Crippen LogP contribution in [0, 0.1) is 5.41 Å². The highest BCUT2D eigenvalue weighted by Crippen LogP contribution is 2.29. The summed E-state index contributed by atoms with van der Waals surface area (Å²) in [7, 11) is 0. The summed E-state index contributed by atoms with van der Waals surface area (Å²) in [5.41, 5.74) is 7.10. The SMILES string of the molecule is CC1(C)CN(Cc2ccc(-n3ccc(C(F)(F)F)n3)cc2)CCC1N. The molecule has 1 unspecified atom stereocenters. The van der Waals surface area contributed by atoms with Gasteiger partial charge in [0.25, 0.3) is 0 Å². The van der Waals surface area contributed by atoms with Gasteiger partial charge in [0.2, 0.25) is 0 Å². The Morgan fingerprint density at radius 3 is 2.44 bits per heavy atom. The number of likely N-dealkylation sites (tertiary alicyclic amines) is 1. The summed E-state index contributed by atoms with van der Waals surface area (Å²) in [6.45, 7) is 7.07. The highest BCUT2D eigenvalue weighted by molar-refractivity contribution is 5.34. The summed E-state index contributed by atoms with van der Waals surface area (Å²) < 4.78 is 39.2. The average Bonchev–Trinajstić information content (AvgIpc) is 3.02. The number of rotatable bonds is 3. The zero-order valence-corrected chi connectivity index (χ0v) is 14.4. The molecule has 2 aromatic rings. The van der Waals surface area contributed by atoms with Gasteiger partial charge in [-0.1, -0.05) is 26.0 Å². The predicted molar refractivity (Wildman–Crippen MR) is 90.2 cm³/mol. The van der Waals surface area contributed by atoms with Gasteiger partial charge in [-0.05, 0) is 35.6 Å². The van der Waals surface area contributed by atoms with Crippen LogP contribution in [0.3, 0.4) is 0 Å². The molecule has 1 aromatic heterocycles. The normalized spacial score (nSPS) is 21.4. The lowest BCUT2D eigenvalue weighted by Gasteiger charge is -2.42. The molecule has 3 rings (SSSR count). The number of aromatic nitrogens is 2. The monoisotopic (exact) mass is 352 g/mol. The first-order chi connectivity index (χ1) is 11.6. The van der Waals surface area contributed by atoms with E-state index in [2.05, 4.69) is 23.8 Å². The fourth-order valence-electron chi connectivity index (χ4n) is 3.25. The van der Waals surface area contributed by atoms with Crippen molar-refractivity contribution in [3.8, 4) is 5.69 Å². The maximum absolute atomic E-state index is 12.6. The molecule has 0 spiro atoms. The van der Waals surface area contributed by atoms with E-state index in [1.807, 2.05) is 12.1 Å². The van der Waals surface area contributed by atoms with Gasteiger partial charge in [-0.25, -0.2) is 4.68 Å². The third-order valence-electron chi connectivity index (χ3n) is 4.88. The van der Waals surface area contributed by atoms with E-state index in [-0.39, 0.29) is 11.5 Å². The van der Waals surface area contributed by atoms with Crippen LogP contribution in [0.5, 0.6) is 0 Å². The predicted octanol–water partition coefficient (Wildman–Crippen LogP) is 3.45. The second-order valence-electron chi connectivity index (χ2n) is 7.40. The maximum Gasteiger partial charge on any atom is 0.435 e. The summed E-state index contributed by atoms with van der Waals surface area (Å²) in [6.07, 6.45) is -2.13. The van der Waals surface area contributed by atoms with Crippen molar-refractivity contribution >= 4 is 0 Å². The molecule has 2 heterocycles. The van der Waals surface area contributed by atoms with Gasteiger partial charge in [0.05, 0.1) is 5.69 Å². The van der Waals surface area contributed by atoms with Crippen LogP contribution >= 0.6 is 0 Å². The fraction of sp³-hybridized carbons (Fsp3) is 0.500. The van der Waals surface area contributed by atoms with Crippen molar-refractivity contribution in [2.75, 3.05) is 13.1 Å². The van der Waals surface area contributed by atoms with Crippen molar-refractivity contribution in [2.45, 2.75) is 39.0 Å². The lowest BCUT2D eigenvalue weighted by Crippen LogP contribution is -2.52. The summed E-state index contributed by atoms with van der Waals surface area (Å²) in [4.78, 5) is 2.37. The average molecular weight is 352 g/mol. The molecule has 7 heteroatoms. The molecule has 2 N–H and O–H groups in total. The Kier molecular flexibility index (Phi) is 4.64. The molecule has 4 nitrogen and oxygen atoms in total. The number of nitrogens with zero attached hydrogens (tertiary/aromatic N) is 3. The van der Waals surface area contributed by atoms with Gasteiger partial charge >= 0.3 is 6.18 Å². The van der Waals surface area contributed by atoms with Crippen LogP contribution in [0.4, 0.5) is 13.2 Å². The topological polar surface area (TPSA) is 47.1 Å². The van der Waals surface area contributed by atoms with E-state index in [9.17, 15) is 13.2 Å². The van der Waals surface area contributed by atoms with Crippen molar-refractivity contribution in [2.24, 2.45) is 11.1 Å². The zero-order chi connectivity index (χ0) is 18.2. The Hall–Kier alpha value is -1.86. The van der Waals surface area contributed by atoms with Gasteiger partial charge in [0.15, 0.2) is 5.69 Å². The number of halogens is 3. The van der Waals surface area contributed by atoms with Gasteiger partial charge in [-0.3, -0.25) is 4.90 Å². The van der Waals surface area contributed by atoms with E-state index in [1.54, 1.807) is 12.1 Å². The number of alkyl halides is 3. The van der Waals surface area contributed by atoms with E-state index in [0.29, 0.717) is 5.69 Å². The second-order valence-corrected chi connectivity index (χ2v) is 7.40. The Labute approximate surface area is 145 Å². The lowest BCUT2D eigenvalue weighted by molar-refractivity contribution is -0.141. The van der Waals surface area contributed by atoms with Gasteiger partial charge in [0, 0.05) is 31.9 Å². The molecule has 1 saturated heterocycles. The Morgan fingerprint density at radius 2 is 1.88 bits per heavy atom. The molecule has 0 amide bonds. The van der Waals surface area contributed by atoms with E-state index in [4.69, 9.17) is 5.73 Å². The standard InChI is InChI=1S/C18H23F3N4/c1-17(2)12-24(9-7-15(17)22)11-13-3-5-14(6-4-13)25-10-8-16(23-25)18(19,20)21/h3-6,8,10,15H,7,9,11-12,22H2,1-2H3. The minimum atomic E-state index is -4.42. The molecule has 0 saturated carbocycles. The number of hydrogen-bond donors (Lipinski definition) is 1. The minimum Gasteiger partial charge on any atom is -0.327 e. The number of nitrogens with two attached hydrogens (primary N) is 1. The van der Waals surface area contributed by atoms with E-state index >= 15 is 0 Å². The number of piperidine rings is 1. The van der Waals surface area contributed by atoms with Crippen molar-refractivity contribution in [3.05, 3.63) is 47.8 Å². The van der Waals surface area contributed by atoms with Crippen molar-refractivity contribution in [1.29, 1.82) is 0 Å². The quantitative estimate of drug-likeness (QED) is 0.920. The van der Waals surface area contributed by atoms with Crippen LogP contribution in [-0.2, 0) is 12.7 Å². The first-order valence-electron chi connectivity index (χ1n) is 8.35.